The number of phenols is 2. The van der Waals surface area contributed by atoms with E-state index in [1.807, 2.05) is 0 Å². The van der Waals surface area contributed by atoms with E-state index in [0.717, 1.165) is 23.5 Å². The second kappa shape index (κ2) is 10.6. The fraction of sp³-hybridized carbons (Fsp3) is 0.250. The SMILES string of the molecule is O=C(NCCNC(=O)c1ccc(O)c(O)c1Cl)N/N=C/C=N/N1CCNC(=O)C1=O. The van der Waals surface area contributed by atoms with Gasteiger partial charge in [0.15, 0.2) is 11.5 Å². The van der Waals surface area contributed by atoms with Crippen molar-refractivity contribution in [2.45, 2.75) is 0 Å². The Morgan fingerprint density at radius 2 is 1.93 bits per heavy atom. The number of aromatic hydroxyl groups is 2. The lowest BCUT2D eigenvalue weighted by molar-refractivity contribution is -0.148. The third kappa shape index (κ3) is 6.07. The molecule has 160 valence electrons. The number of hydrogen-bond donors (Lipinski definition) is 6. The van der Waals surface area contributed by atoms with Gasteiger partial charge in [0.1, 0.15) is 0 Å². The van der Waals surface area contributed by atoms with Crippen LogP contribution in [0, 0.1) is 0 Å². The first-order chi connectivity index (χ1) is 14.3. The maximum Gasteiger partial charge on any atom is 0.335 e. The number of hydrogen-bond acceptors (Lipinski definition) is 8. The molecule has 1 aliphatic heterocycles. The summed E-state index contributed by atoms with van der Waals surface area (Å²) in [7, 11) is 0. The van der Waals surface area contributed by atoms with Gasteiger partial charge >= 0.3 is 17.8 Å². The third-order valence-electron chi connectivity index (χ3n) is 3.59. The molecule has 5 amide bonds. The molecular formula is C16H18ClN7O6. The van der Waals surface area contributed by atoms with E-state index in [9.17, 15) is 29.4 Å². The number of halogens is 1. The predicted molar refractivity (Wildman–Crippen MR) is 105 cm³/mol. The molecule has 30 heavy (non-hydrogen) atoms. The number of urea groups is 1. The number of rotatable bonds is 7. The quantitative estimate of drug-likeness (QED) is 0.101. The average Bonchev–Trinajstić information content (AvgIpc) is 2.72. The Bertz CT molecular complexity index is 904. The Morgan fingerprint density at radius 3 is 2.70 bits per heavy atom. The van der Waals surface area contributed by atoms with Crippen LogP contribution in [0.4, 0.5) is 4.79 Å². The van der Waals surface area contributed by atoms with E-state index < -0.39 is 35.3 Å². The summed E-state index contributed by atoms with van der Waals surface area (Å²) in [5.41, 5.74) is 2.10. The molecule has 0 saturated carbocycles. The van der Waals surface area contributed by atoms with Crippen LogP contribution in [0.5, 0.6) is 11.5 Å². The van der Waals surface area contributed by atoms with Crippen LogP contribution in [0.2, 0.25) is 5.02 Å². The first-order valence-electron chi connectivity index (χ1n) is 8.49. The summed E-state index contributed by atoms with van der Waals surface area (Å²) in [5.74, 6) is -3.19. The molecule has 1 fully saturated rings. The van der Waals surface area contributed by atoms with Gasteiger partial charge in [-0.2, -0.15) is 10.2 Å². The molecule has 2 rings (SSSR count). The minimum Gasteiger partial charge on any atom is -0.504 e. The van der Waals surface area contributed by atoms with Crippen molar-refractivity contribution in [1.82, 2.24) is 26.4 Å². The van der Waals surface area contributed by atoms with Crippen LogP contribution in [0.15, 0.2) is 22.3 Å². The first kappa shape index (κ1) is 22.4. The first-order valence-corrected chi connectivity index (χ1v) is 8.87. The highest BCUT2D eigenvalue weighted by molar-refractivity contribution is 6.36. The summed E-state index contributed by atoms with van der Waals surface area (Å²) in [6, 6.07) is 1.70. The molecule has 14 heteroatoms. The number of carbonyl (C=O) groups excluding carboxylic acids is 4. The van der Waals surface area contributed by atoms with Gasteiger partial charge in [-0.05, 0) is 12.1 Å². The van der Waals surface area contributed by atoms with Crippen LogP contribution in [0.1, 0.15) is 10.4 Å². The maximum atomic E-state index is 12.0. The number of nitrogens with one attached hydrogen (secondary N) is 4. The molecule has 13 nitrogen and oxygen atoms in total. The number of amides is 5. The molecule has 0 aliphatic carbocycles. The van der Waals surface area contributed by atoms with Crippen LogP contribution in [-0.4, -0.2) is 77.6 Å². The molecule has 1 aliphatic rings. The molecular weight excluding hydrogens is 422 g/mol. The molecule has 0 spiro atoms. The Hall–Kier alpha value is -3.87. The number of piperazine rings is 1. The predicted octanol–water partition coefficient (Wildman–Crippen LogP) is -1.29. The van der Waals surface area contributed by atoms with Gasteiger partial charge in [0.25, 0.3) is 5.91 Å². The normalized spacial score (nSPS) is 14.1. The number of benzene rings is 1. The molecule has 0 bridgehead atoms. The highest BCUT2D eigenvalue weighted by atomic mass is 35.5. The lowest BCUT2D eigenvalue weighted by Gasteiger charge is -2.20. The van der Waals surface area contributed by atoms with Gasteiger partial charge in [0.2, 0.25) is 0 Å². The lowest BCUT2D eigenvalue weighted by Crippen LogP contribution is -2.49. The van der Waals surface area contributed by atoms with Crippen molar-refractivity contribution in [2.24, 2.45) is 10.2 Å². The molecule has 1 saturated heterocycles. The monoisotopic (exact) mass is 439 g/mol. The van der Waals surface area contributed by atoms with Crippen molar-refractivity contribution in [1.29, 1.82) is 0 Å². The number of phenolic OH excluding ortho intramolecular Hbond substituents is 2. The van der Waals surface area contributed by atoms with Crippen molar-refractivity contribution in [2.75, 3.05) is 26.2 Å². The highest BCUT2D eigenvalue weighted by Crippen LogP contribution is 2.35. The van der Waals surface area contributed by atoms with Crippen molar-refractivity contribution in [3.63, 3.8) is 0 Å². The van der Waals surface area contributed by atoms with Gasteiger partial charge in [-0.15, -0.1) is 0 Å². The molecule has 0 aromatic heterocycles. The summed E-state index contributed by atoms with van der Waals surface area (Å²) in [4.78, 5) is 46.1. The standard InChI is InChI=1S/C16H18ClN7O6/c17-11-9(1-2-10(25)12(11)26)13(27)18-3-4-20-16(30)23-21-5-6-22-24-8-7-19-14(28)15(24)29/h1-2,5-6,25-26H,3-4,7-8H2,(H,18,27)(H,19,28)(H2,20,23,30)/b21-5+,22-6+. The van der Waals surface area contributed by atoms with E-state index in [2.05, 4.69) is 31.6 Å². The third-order valence-corrected chi connectivity index (χ3v) is 3.97. The van der Waals surface area contributed by atoms with Crippen LogP contribution < -0.4 is 21.4 Å². The smallest absolute Gasteiger partial charge is 0.335 e. The van der Waals surface area contributed by atoms with E-state index in [1.165, 1.54) is 6.07 Å². The maximum absolute atomic E-state index is 12.0. The minimum atomic E-state index is -0.789. The van der Waals surface area contributed by atoms with Crippen LogP contribution in [0.25, 0.3) is 0 Å². The Morgan fingerprint density at radius 1 is 1.20 bits per heavy atom. The molecule has 1 heterocycles. The van der Waals surface area contributed by atoms with E-state index in [4.69, 9.17) is 11.6 Å². The summed E-state index contributed by atoms with van der Waals surface area (Å²) in [5, 5.41) is 34.0. The van der Waals surface area contributed by atoms with Crippen molar-refractivity contribution < 1.29 is 29.4 Å². The molecule has 1 aromatic rings. The summed E-state index contributed by atoms with van der Waals surface area (Å²) >= 11 is 5.79. The van der Waals surface area contributed by atoms with E-state index in [1.54, 1.807) is 0 Å². The van der Waals surface area contributed by atoms with Gasteiger partial charge in [-0.3, -0.25) is 14.4 Å². The number of nitrogens with zero attached hydrogens (tertiary/aromatic N) is 3. The van der Waals surface area contributed by atoms with Crippen LogP contribution in [0.3, 0.4) is 0 Å². The summed E-state index contributed by atoms with van der Waals surface area (Å²) in [6.07, 6.45) is 2.24. The van der Waals surface area contributed by atoms with Gasteiger partial charge in [-0.25, -0.2) is 15.2 Å². The zero-order valence-electron chi connectivity index (χ0n) is 15.4. The van der Waals surface area contributed by atoms with Gasteiger partial charge in [0.05, 0.1) is 29.6 Å². The van der Waals surface area contributed by atoms with Crippen molar-refractivity contribution >= 4 is 47.8 Å². The second-order valence-electron chi connectivity index (χ2n) is 5.65. The molecule has 6 N–H and O–H groups in total. The molecule has 0 unspecified atom stereocenters. The van der Waals surface area contributed by atoms with Crippen molar-refractivity contribution in [3.8, 4) is 11.5 Å². The van der Waals surface area contributed by atoms with Crippen LogP contribution in [-0.2, 0) is 9.59 Å². The molecule has 0 atom stereocenters. The zero-order valence-corrected chi connectivity index (χ0v) is 16.1. The highest BCUT2D eigenvalue weighted by Gasteiger charge is 2.25. The minimum absolute atomic E-state index is 0.0371. The zero-order chi connectivity index (χ0) is 22.1. The van der Waals surface area contributed by atoms with Crippen molar-refractivity contribution in [3.05, 3.63) is 22.7 Å². The topological polar surface area (TPSA) is 185 Å². The number of carbonyl (C=O) groups is 4. The molecule has 1 aromatic carbocycles. The Balaban J connectivity index is 1.66. The van der Waals surface area contributed by atoms with Gasteiger partial charge in [0, 0.05) is 19.6 Å². The Kier molecular flexibility index (Phi) is 7.93. The fourth-order valence-corrected chi connectivity index (χ4v) is 2.38. The largest absolute Gasteiger partial charge is 0.504 e. The Labute approximate surface area is 174 Å². The van der Waals surface area contributed by atoms with Crippen LogP contribution >= 0.6 is 11.6 Å². The average molecular weight is 440 g/mol. The van der Waals surface area contributed by atoms with E-state index >= 15 is 0 Å². The van der Waals surface area contributed by atoms with Gasteiger partial charge < -0.3 is 26.2 Å². The van der Waals surface area contributed by atoms with Gasteiger partial charge in [-0.1, -0.05) is 11.6 Å². The summed E-state index contributed by atoms with van der Waals surface area (Å²) in [6.45, 7) is 0.620. The lowest BCUT2D eigenvalue weighted by atomic mass is 10.2. The number of hydrazone groups is 2. The molecule has 0 radical (unpaired) electrons. The van der Waals surface area contributed by atoms with E-state index in [-0.39, 0.29) is 36.8 Å². The second-order valence-corrected chi connectivity index (χ2v) is 6.02. The van der Waals surface area contributed by atoms with E-state index in [0.29, 0.717) is 0 Å². The summed E-state index contributed by atoms with van der Waals surface area (Å²) < 4.78 is 0. The fourth-order valence-electron chi connectivity index (χ4n) is 2.14.